The van der Waals surface area contributed by atoms with Gasteiger partial charge in [-0.3, -0.25) is 4.79 Å². The molecule has 1 aromatic rings. The second-order valence-electron chi connectivity index (χ2n) is 6.08. The van der Waals surface area contributed by atoms with Crippen LogP contribution in [0.25, 0.3) is 0 Å². The summed E-state index contributed by atoms with van der Waals surface area (Å²) in [5.41, 5.74) is 5.70. The number of carbonyl (C=O) groups is 1. The van der Waals surface area contributed by atoms with Crippen LogP contribution in [0.1, 0.15) is 43.5 Å². The SMILES string of the molecule is CC(C)C1CCCN(C(=O)c2cc(F)c(F)cc2N)CC1. The lowest BCUT2D eigenvalue weighted by Gasteiger charge is -2.22. The van der Waals surface area contributed by atoms with Gasteiger partial charge in [0.15, 0.2) is 11.6 Å². The van der Waals surface area contributed by atoms with Crippen molar-refractivity contribution in [1.82, 2.24) is 4.90 Å². The van der Waals surface area contributed by atoms with Gasteiger partial charge >= 0.3 is 0 Å². The summed E-state index contributed by atoms with van der Waals surface area (Å²) < 4.78 is 26.4. The normalized spacial score (nSPS) is 19.7. The highest BCUT2D eigenvalue weighted by Gasteiger charge is 2.25. The molecule has 0 saturated carbocycles. The van der Waals surface area contributed by atoms with Crippen LogP contribution >= 0.6 is 0 Å². The van der Waals surface area contributed by atoms with Gasteiger partial charge in [0.2, 0.25) is 0 Å². The van der Waals surface area contributed by atoms with E-state index in [0.29, 0.717) is 24.9 Å². The molecule has 1 aliphatic rings. The maximum atomic E-state index is 13.3. The molecule has 0 aliphatic carbocycles. The van der Waals surface area contributed by atoms with E-state index in [2.05, 4.69) is 13.8 Å². The average molecular weight is 296 g/mol. The smallest absolute Gasteiger partial charge is 0.256 e. The van der Waals surface area contributed by atoms with E-state index >= 15 is 0 Å². The molecular formula is C16H22F2N2O. The number of nitrogens with two attached hydrogens (primary N) is 1. The van der Waals surface area contributed by atoms with Gasteiger partial charge in [-0.25, -0.2) is 8.78 Å². The van der Waals surface area contributed by atoms with Crippen molar-refractivity contribution < 1.29 is 13.6 Å². The van der Waals surface area contributed by atoms with Gasteiger partial charge < -0.3 is 10.6 Å². The monoisotopic (exact) mass is 296 g/mol. The molecule has 21 heavy (non-hydrogen) atoms. The van der Waals surface area contributed by atoms with Gasteiger partial charge in [0.1, 0.15) is 0 Å². The number of rotatable bonds is 2. The third-order valence-corrected chi connectivity index (χ3v) is 4.33. The van der Waals surface area contributed by atoms with E-state index in [9.17, 15) is 13.6 Å². The van der Waals surface area contributed by atoms with Gasteiger partial charge in [0.25, 0.3) is 5.91 Å². The van der Waals surface area contributed by atoms with Gasteiger partial charge in [0.05, 0.1) is 5.56 Å². The molecule has 116 valence electrons. The van der Waals surface area contributed by atoms with Crippen LogP contribution in [0.4, 0.5) is 14.5 Å². The number of anilines is 1. The van der Waals surface area contributed by atoms with E-state index in [0.717, 1.165) is 31.4 Å². The molecule has 1 atom stereocenters. The molecule has 2 N–H and O–H groups in total. The van der Waals surface area contributed by atoms with Crippen molar-refractivity contribution in [2.24, 2.45) is 11.8 Å². The van der Waals surface area contributed by atoms with Crippen LogP contribution < -0.4 is 5.73 Å². The maximum Gasteiger partial charge on any atom is 0.256 e. The molecule has 1 aliphatic heterocycles. The number of likely N-dealkylation sites (tertiary alicyclic amines) is 1. The summed E-state index contributed by atoms with van der Waals surface area (Å²) in [6.45, 7) is 5.66. The minimum absolute atomic E-state index is 0.0106. The first kappa shape index (κ1) is 15.7. The molecule has 1 saturated heterocycles. The molecule has 5 heteroatoms. The minimum Gasteiger partial charge on any atom is -0.398 e. The Balaban J connectivity index is 2.15. The van der Waals surface area contributed by atoms with E-state index in [1.165, 1.54) is 0 Å². The standard InChI is InChI=1S/C16H22F2N2O/c1-10(2)11-4-3-6-20(7-5-11)16(21)12-8-13(17)14(18)9-15(12)19/h8-11H,3-7,19H2,1-2H3. The highest BCUT2D eigenvalue weighted by Crippen LogP contribution is 2.26. The largest absolute Gasteiger partial charge is 0.398 e. The van der Waals surface area contributed by atoms with Gasteiger partial charge in [-0.1, -0.05) is 13.8 Å². The zero-order valence-corrected chi connectivity index (χ0v) is 12.5. The highest BCUT2D eigenvalue weighted by atomic mass is 19.2. The fraction of sp³-hybridized carbons (Fsp3) is 0.562. The Morgan fingerprint density at radius 3 is 2.57 bits per heavy atom. The molecule has 3 nitrogen and oxygen atoms in total. The van der Waals surface area contributed by atoms with Crippen LogP contribution in [0.3, 0.4) is 0 Å². The number of nitrogens with zero attached hydrogens (tertiary/aromatic N) is 1. The molecule has 1 fully saturated rings. The second kappa shape index (κ2) is 6.41. The molecule has 0 aromatic heterocycles. The lowest BCUT2D eigenvalue weighted by atomic mass is 9.89. The number of nitrogen functional groups attached to an aromatic ring is 1. The number of hydrogen-bond donors (Lipinski definition) is 1. The molecule has 1 heterocycles. The lowest BCUT2D eigenvalue weighted by molar-refractivity contribution is 0.0759. The van der Waals surface area contributed by atoms with Crippen LogP contribution in [-0.2, 0) is 0 Å². The van der Waals surface area contributed by atoms with Crippen LogP contribution in [0.15, 0.2) is 12.1 Å². The Bertz CT molecular complexity index is 531. The zero-order valence-electron chi connectivity index (χ0n) is 12.5. The first-order valence-electron chi connectivity index (χ1n) is 7.44. The number of amides is 1. The summed E-state index contributed by atoms with van der Waals surface area (Å²) in [6.07, 6.45) is 2.96. The molecule has 0 spiro atoms. The summed E-state index contributed by atoms with van der Waals surface area (Å²) >= 11 is 0. The highest BCUT2D eigenvalue weighted by molar-refractivity contribution is 5.99. The molecule has 2 rings (SSSR count). The molecule has 1 unspecified atom stereocenters. The Hall–Kier alpha value is -1.65. The Labute approximate surface area is 124 Å². The molecule has 1 aromatic carbocycles. The van der Waals surface area contributed by atoms with Crippen molar-refractivity contribution in [1.29, 1.82) is 0 Å². The predicted molar refractivity (Wildman–Crippen MR) is 78.9 cm³/mol. The zero-order chi connectivity index (χ0) is 15.6. The number of hydrogen-bond acceptors (Lipinski definition) is 2. The molecule has 1 amide bonds. The van der Waals surface area contributed by atoms with E-state index in [4.69, 9.17) is 5.73 Å². The summed E-state index contributed by atoms with van der Waals surface area (Å²) in [4.78, 5) is 14.2. The van der Waals surface area contributed by atoms with Crippen molar-refractivity contribution in [3.8, 4) is 0 Å². The quantitative estimate of drug-likeness (QED) is 0.850. The maximum absolute atomic E-state index is 13.3. The second-order valence-corrected chi connectivity index (χ2v) is 6.08. The van der Waals surface area contributed by atoms with Crippen molar-refractivity contribution in [2.45, 2.75) is 33.1 Å². The van der Waals surface area contributed by atoms with E-state index in [1.807, 2.05) is 0 Å². The number of halogens is 2. The first-order chi connectivity index (χ1) is 9.90. The Morgan fingerprint density at radius 1 is 1.24 bits per heavy atom. The van der Waals surface area contributed by atoms with Gasteiger partial charge in [-0.2, -0.15) is 0 Å². The van der Waals surface area contributed by atoms with Crippen LogP contribution in [0, 0.1) is 23.5 Å². The van der Waals surface area contributed by atoms with Gasteiger partial charge in [-0.05, 0) is 37.2 Å². The fourth-order valence-corrected chi connectivity index (χ4v) is 2.91. The lowest BCUT2D eigenvalue weighted by Crippen LogP contribution is -2.32. The minimum atomic E-state index is -1.04. The van der Waals surface area contributed by atoms with E-state index in [-0.39, 0.29) is 17.2 Å². The van der Waals surface area contributed by atoms with E-state index in [1.54, 1.807) is 4.90 Å². The summed E-state index contributed by atoms with van der Waals surface area (Å²) in [6, 6.07) is 1.77. The first-order valence-corrected chi connectivity index (χ1v) is 7.44. The summed E-state index contributed by atoms with van der Waals surface area (Å²) in [5.74, 6) is -1.18. The predicted octanol–water partition coefficient (Wildman–Crippen LogP) is 3.45. The van der Waals surface area contributed by atoms with Crippen molar-refractivity contribution >= 4 is 11.6 Å². The summed E-state index contributed by atoms with van der Waals surface area (Å²) in [7, 11) is 0. The van der Waals surface area contributed by atoms with Crippen LogP contribution in [0.5, 0.6) is 0 Å². The molecule has 0 radical (unpaired) electrons. The Morgan fingerprint density at radius 2 is 1.90 bits per heavy atom. The van der Waals surface area contributed by atoms with Gasteiger partial charge in [-0.15, -0.1) is 0 Å². The summed E-state index contributed by atoms with van der Waals surface area (Å²) in [5, 5.41) is 0. The van der Waals surface area contributed by atoms with Gasteiger partial charge in [0, 0.05) is 24.8 Å². The van der Waals surface area contributed by atoms with Crippen molar-refractivity contribution in [3.63, 3.8) is 0 Å². The van der Waals surface area contributed by atoms with E-state index < -0.39 is 11.6 Å². The third kappa shape index (κ3) is 3.52. The van der Waals surface area contributed by atoms with Crippen LogP contribution in [-0.4, -0.2) is 23.9 Å². The van der Waals surface area contributed by atoms with Crippen molar-refractivity contribution in [3.05, 3.63) is 29.3 Å². The fourth-order valence-electron chi connectivity index (χ4n) is 2.91. The van der Waals surface area contributed by atoms with Crippen molar-refractivity contribution in [2.75, 3.05) is 18.8 Å². The third-order valence-electron chi connectivity index (χ3n) is 4.33. The number of benzene rings is 1. The number of carbonyl (C=O) groups excluding carboxylic acids is 1. The van der Waals surface area contributed by atoms with Crippen LogP contribution in [0.2, 0.25) is 0 Å². The topological polar surface area (TPSA) is 46.3 Å². The molecule has 0 bridgehead atoms. The Kier molecular flexibility index (Phi) is 4.80. The molecular weight excluding hydrogens is 274 g/mol. The average Bonchev–Trinajstić information content (AvgIpc) is 2.68.